The van der Waals surface area contributed by atoms with E-state index in [1.165, 1.54) is 12.1 Å². The maximum Gasteiger partial charge on any atom is 0.416 e. The Labute approximate surface area is 118 Å². The summed E-state index contributed by atoms with van der Waals surface area (Å²) in [4.78, 5) is 1.58. The molecule has 1 aromatic rings. The lowest BCUT2D eigenvalue weighted by Crippen LogP contribution is -2.16. The maximum absolute atomic E-state index is 12.8. The van der Waals surface area contributed by atoms with Crippen LogP contribution in [0.2, 0.25) is 0 Å². The Kier molecular flexibility index (Phi) is 3.98. The van der Waals surface area contributed by atoms with Crippen LogP contribution in [0, 0.1) is 0 Å². The summed E-state index contributed by atoms with van der Waals surface area (Å²) < 4.78 is 38.4. The van der Waals surface area contributed by atoms with Gasteiger partial charge in [0.25, 0.3) is 0 Å². The molecule has 0 saturated carbocycles. The third kappa shape index (κ3) is 2.76. The van der Waals surface area contributed by atoms with Gasteiger partial charge in [-0.2, -0.15) is 13.2 Å². The van der Waals surface area contributed by atoms with Crippen molar-refractivity contribution in [3.05, 3.63) is 58.8 Å². The number of hydrogen-bond acceptors (Lipinski definition) is 1. The van der Waals surface area contributed by atoms with Crippen LogP contribution in [0.5, 0.6) is 0 Å². The molecule has 1 nitrogen and oxygen atoms in total. The first kappa shape index (κ1) is 14.8. The fourth-order valence-corrected chi connectivity index (χ4v) is 2.48. The summed E-state index contributed by atoms with van der Waals surface area (Å²) >= 11 is 0. The van der Waals surface area contributed by atoms with E-state index in [4.69, 9.17) is 7.98 Å². The lowest BCUT2D eigenvalue weighted by Gasteiger charge is -2.17. The van der Waals surface area contributed by atoms with Crippen molar-refractivity contribution >= 4 is 7.98 Å². The van der Waals surface area contributed by atoms with Crippen molar-refractivity contribution in [2.24, 2.45) is 0 Å². The Morgan fingerprint density at radius 1 is 1.35 bits per heavy atom. The smallest absolute Gasteiger partial charge is 0.416 e. The van der Waals surface area contributed by atoms with Crippen molar-refractivity contribution in [3.63, 3.8) is 0 Å². The van der Waals surface area contributed by atoms with E-state index in [0.717, 1.165) is 17.3 Å². The highest BCUT2D eigenvalue weighted by atomic mass is 19.4. The topological polar surface area (TPSA) is 3.24 Å². The SMILES string of the molecule is [B]N1CC(c2cccc(C(F)(F)F)c2)C(/C=C\C)=C1C. The number of benzene rings is 1. The van der Waals surface area contributed by atoms with E-state index in [1.54, 1.807) is 10.9 Å². The minimum absolute atomic E-state index is 0.126. The summed E-state index contributed by atoms with van der Waals surface area (Å²) in [6.07, 6.45) is -0.539. The highest BCUT2D eigenvalue weighted by Crippen LogP contribution is 2.38. The van der Waals surface area contributed by atoms with E-state index in [0.29, 0.717) is 12.1 Å². The van der Waals surface area contributed by atoms with Gasteiger partial charge in [0.1, 0.15) is 0 Å². The first-order valence-corrected chi connectivity index (χ1v) is 6.37. The van der Waals surface area contributed by atoms with Gasteiger partial charge in [0.2, 0.25) is 7.98 Å². The second-order valence-corrected chi connectivity index (χ2v) is 4.87. The van der Waals surface area contributed by atoms with Crippen LogP contribution in [-0.4, -0.2) is 19.3 Å². The van der Waals surface area contributed by atoms with Gasteiger partial charge in [-0.3, -0.25) is 0 Å². The van der Waals surface area contributed by atoms with Crippen LogP contribution in [-0.2, 0) is 6.18 Å². The molecule has 2 rings (SSSR count). The molecule has 0 amide bonds. The number of halogens is 3. The van der Waals surface area contributed by atoms with Crippen LogP contribution < -0.4 is 0 Å². The summed E-state index contributed by atoms with van der Waals surface area (Å²) in [6, 6.07) is 5.46. The lowest BCUT2D eigenvalue weighted by molar-refractivity contribution is -0.137. The minimum Gasteiger partial charge on any atom is -0.427 e. The van der Waals surface area contributed by atoms with Crippen LogP contribution in [0.25, 0.3) is 0 Å². The molecule has 2 radical (unpaired) electrons. The van der Waals surface area contributed by atoms with Crippen molar-refractivity contribution in [1.82, 2.24) is 4.81 Å². The zero-order chi connectivity index (χ0) is 14.9. The third-order valence-corrected chi connectivity index (χ3v) is 3.57. The van der Waals surface area contributed by atoms with Crippen molar-refractivity contribution < 1.29 is 13.2 Å². The van der Waals surface area contributed by atoms with Crippen molar-refractivity contribution in [2.75, 3.05) is 6.54 Å². The van der Waals surface area contributed by atoms with Gasteiger partial charge in [-0.25, -0.2) is 0 Å². The van der Waals surface area contributed by atoms with Gasteiger partial charge in [0, 0.05) is 18.2 Å². The first-order valence-electron chi connectivity index (χ1n) is 6.37. The van der Waals surface area contributed by atoms with Gasteiger partial charge in [-0.15, -0.1) is 0 Å². The van der Waals surface area contributed by atoms with Crippen LogP contribution in [0.15, 0.2) is 47.7 Å². The minimum atomic E-state index is -4.32. The standard InChI is InChI=1S/C15H15BF3N/c1-3-5-13-10(2)20(16)9-14(13)11-6-4-7-12(8-11)15(17,18)19/h3-8,14H,9H2,1-2H3/b5-3-. The molecule has 0 bridgehead atoms. The molecule has 1 aromatic carbocycles. The average Bonchev–Trinajstić information content (AvgIpc) is 2.67. The summed E-state index contributed by atoms with van der Waals surface area (Å²) in [5.74, 6) is -0.126. The molecule has 0 saturated heterocycles. The third-order valence-electron chi connectivity index (χ3n) is 3.57. The monoisotopic (exact) mass is 277 g/mol. The van der Waals surface area contributed by atoms with Gasteiger partial charge in [-0.05, 0) is 31.1 Å². The van der Waals surface area contributed by atoms with Crippen molar-refractivity contribution in [1.29, 1.82) is 0 Å². The van der Waals surface area contributed by atoms with Crippen LogP contribution in [0.4, 0.5) is 13.2 Å². The van der Waals surface area contributed by atoms with E-state index >= 15 is 0 Å². The normalized spacial score (nSPS) is 20.2. The second-order valence-electron chi connectivity index (χ2n) is 4.87. The van der Waals surface area contributed by atoms with Crippen LogP contribution in [0.3, 0.4) is 0 Å². The first-order chi connectivity index (χ1) is 9.34. The molecule has 20 heavy (non-hydrogen) atoms. The molecule has 0 N–H and O–H groups in total. The quantitative estimate of drug-likeness (QED) is 0.737. The van der Waals surface area contributed by atoms with Crippen molar-refractivity contribution in [2.45, 2.75) is 25.9 Å². The average molecular weight is 277 g/mol. The Bertz CT molecular complexity index is 560. The summed E-state index contributed by atoms with van der Waals surface area (Å²) in [5, 5.41) is 0. The summed E-state index contributed by atoms with van der Waals surface area (Å²) in [5.41, 5.74) is 1.88. The fraction of sp³-hybridized carbons (Fsp3) is 0.333. The van der Waals surface area contributed by atoms with E-state index in [9.17, 15) is 13.2 Å². The zero-order valence-corrected chi connectivity index (χ0v) is 11.4. The maximum atomic E-state index is 12.8. The Balaban J connectivity index is 2.42. The zero-order valence-electron chi connectivity index (χ0n) is 11.4. The molecule has 0 aromatic heterocycles. The largest absolute Gasteiger partial charge is 0.427 e. The number of hydrogen-bond donors (Lipinski definition) is 0. The van der Waals surface area contributed by atoms with Gasteiger partial charge in [0.15, 0.2) is 0 Å². The molecule has 0 fully saturated rings. The molecule has 1 atom stereocenters. The number of alkyl halides is 3. The Hall–Kier alpha value is -1.65. The summed E-state index contributed by atoms with van der Waals surface area (Å²) in [7, 11) is 5.87. The second kappa shape index (κ2) is 5.39. The number of allylic oxidation sites excluding steroid dienone is 3. The predicted octanol–water partition coefficient (Wildman–Crippen LogP) is 4.04. The Morgan fingerprint density at radius 3 is 2.65 bits per heavy atom. The molecule has 1 aliphatic rings. The fourth-order valence-electron chi connectivity index (χ4n) is 2.48. The highest BCUT2D eigenvalue weighted by Gasteiger charge is 2.32. The van der Waals surface area contributed by atoms with E-state index < -0.39 is 11.7 Å². The molecular weight excluding hydrogens is 262 g/mol. The van der Waals surface area contributed by atoms with Gasteiger partial charge in [-0.1, -0.05) is 30.4 Å². The predicted molar refractivity (Wildman–Crippen MR) is 74.2 cm³/mol. The molecule has 0 aliphatic carbocycles. The number of nitrogens with zero attached hydrogens (tertiary/aromatic N) is 1. The van der Waals surface area contributed by atoms with Crippen molar-refractivity contribution in [3.8, 4) is 0 Å². The van der Waals surface area contributed by atoms with E-state index in [1.807, 2.05) is 26.0 Å². The van der Waals surface area contributed by atoms with Gasteiger partial charge >= 0.3 is 6.18 Å². The molecule has 104 valence electrons. The highest BCUT2D eigenvalue weighted by molar-refractivity contribution is 6.06. The van der Waals surface area contributed by atoms with E-state index in [2.05, 4.69) is 0 Å². The number of rotatable bonds is 2. The molecule has 1 unspecified atom stereocenters. The molecule has 5 heteroatoms. The molecule has 0 spiro atoms. The van der Waals surface area contributed by atoms with Gasteiger partial charge in [0.05, 0.1) is 5.56 Å². The molecule has 1 heterocycles. The van der Waals surface area contributed by atoms with E-state index in [-0.39, 0.29) is 5.92 Å². The molecular formula is C15H15BF3N. The lowest BCUT2D eigenvalue weighted by atomic mass is 9.91. The summed E-state index contributed by atoms with van der Waals surface area (Å²) in [6.45, 7) is 4.25. The van der Waals surface area contributed by atoms with Crippen LogP contribution >= 0.6 is 0 Å². The van der Waals surface area contributed by atoms with Crippen LogP contribution in [0.1, 0.15) is 30.9 Å². The Morgan fingerprint density at radius 2 is 2.05 bits per heavy atom. The van der Waals surface area contributed by atoms with Gasteiger partial charge < -0.3 is 4.81 Å². The molecule has 1 aliphatic heterocycles.